The Bertz CT molecular complexity index is 382. The highest BCUT2D eigenvalue weighted by Crippen LogP contribution is 2.07. The molecule has 0 aliphatic carbocycles. The zero-order valence-corrected chi connectivity index (χ0v) is 7.51. The number of allylic oxidation sites excluding steroid dienone is 2. The van der Waals surface area contributed by atoms with Gasteiger partial charge >= 0.3 is 0 Å². The lowest BCUT2D eigenvalue weighted by Crippen LogP contribution is -1.73. The van der Waals surface area contributed by atoms with E-state index in [-0.39, 0.29) is 0 Å². The SMILES string of the molecule is N#C/C=C/c1ccc(/C=C/C#N)cc1. The Kier molecular flexibility index (Phi) is 3.73. The summed E-state index contributed by atoms with van der Waals surface area (Å²) >= 11 is 0. The zero-order chi connectivity index (χ0) is 10.2. The molecular weight excluding hydrogens is 172 g/mol. The predicted octanol–water partition coefficient (Wildman–Crippen LogP) is 2.76. The van der Waals surface area contributed by atoms with E-state index in [2.05, 4.69) is 0 Å². The van der Waals surface area contributed by atoms with Crippen molar-refractivity contribution in [3.63, 3.8) is 0 Å². The van der Waals surface area contributed by atoms with Gasteiger partial charge in [0, 0.05) is 12.2 Å². The minimum absolute atomic E-state index is 0.973. The summed E-state index contributed by atoms with van der Waals surface area (Å²) in [4.78, 5) is 0. The van der Waals surface area contributed by atoms with Crippen molar-refractivity contribution in [3.8, 4) is 12.1 Å². The van der Waals surface area contributed by atoms with Crippen molar-refractivity contribution in [2.75, 3.05) is 0 Å². The summed E-state index contributed by atoms with van der Waals surface area (Å²) in [5, 5.41) is 16.6. The van der Waals surface area contributed by atoms with Gasteiger partial charge in [0.05, 0.1) is 12.1 Å². The first-order valence-corrected chi connectivity index (χ1v) is 4.09. The lowest BCUT2D eigenvalue weighted by Gasteiger charge is -1.93. The van der Waals surface area contributed by atoms with Gasteiger partial charge in [0.15, 0.2) is 0 Å². The van der Waals surface area contributed by atoms with Gasteiger partial charge in [-0.25, -0.2) is 0 Å². The predicted molar refractivity (Wildman–Crippen MR) is 55.7 cm³/mol. The smallest absolute Gasteiger partial charge is 0.0912 e. The standard InChI is InChI=1S/C12H8N2/c13-9-1-3-11-5-7-12(8-6-11)4-2-10-14/h1-8H/b3-1+,4-2+. The number of rotatable bonds is 2. The van der Waals surface area contributed by atoms with Gasteiger partial charge < -0.3 is 0 Å². The molecule has 0 aliphatic rings. The fourth-order valence-corrected chi connectivity index (χ4v) is 0.985. The quantitative estimate of drug-likeness (QED) is 0.657. The average Bonchev–Trinajstić information content (AvgIpc) is 2.25. The van der Waals surface area contributed by atoms with Crippen LogP contribution in [0, 0.1) is 22.7 Å². The highest BCUT2D eigenvalue weighted by molar-refractivity contribution is 5.57. The maximum atomic E-state index is 8.31. The summed E-state index contributed by atoms with van der Waals surface area (Å²) in [7, 11) is 0. The monoisotopic (exact) mass is 180 g/mol. The van der Waals surface area contributed by atoms with Crippen LogP contribution in [0.15, 0.2) is 36.4 Å². The summed E-state index contributed by atoms with van der Waals surface area (Å²) < 4.78 is 0. The first kappa shape index (κ1) is 9.77. The molecule has 0 atom stereocenters. The number of nitriles is 2. The molecule has 0 spiro atoms. The van der Waals surface area contributed by atoms with Crippen LogP contribution in [0.4, 0.5) is 0 Å². The van der Waals surface area contributed by atoms with Crippen molar-refractivity contribution < 1.29 is 0 Å². The van der Waals surface area contributed by atoms with Gasteiger partial charge in [-0.2, -0.15) is 10.5 Å². The first-order valence-electron chi connectivity index (χ1n) is 4.09. The number of hydrogen-bond acceptors (Lipinski definition) is 2. The molecule has 2 nitrogen and oxygen atoms in total. The van der Waals surface area contributed by atoms with Crippen molar-refractivity contribution in [2.45, 2.75) is 0 Å². The third-order valence-electron chi connectivity index (χ3n) is 1.64. The van der Waals surface area contributed by atoms with E-state index >= 15 is 0 Å². The van der Waals surface area contributed by atoms with Gasteiger partial charge in [-0.15, -0.1) is 0 Å². The van der Waals surface area contributed by atoms with Gasteiger partial charge in [0.2, 0.25) is 0 Å². The molecule has 0 fully saturated rings. The molecule has 66 valence electrons. The van der Waals surface area contributed by atoms with Crippen LogP contribution in [0.5, 0.6) is 0 Å². The maximum Gasteiger partial charge on any atom is 0.0912 e. The molecule has 0 bridgehead atoms. The van der Waals surface area contributed by atoms with E-state index < -0.39 is 0 Å². The zero-order valence-electron chi connectivity index (χ0n) is 7.51. The molecule has 0 radical (unpaired) electrons. The number of nitrogens with zero attached hydrogens (tertiary/aromatic N) is 2. The van der Waals surface area contributed by atoms with Gasteiger partial charge in [-0.1, -0.05) is 24.3 Å². The molecule has 0 N–H and O–H groups in total. The second-order valence-corrected chi connectivity index (χ2v) is 2.59. The van der Waals surface area contributed by atoms with Crippen LogP contribution in [0.1, 0.15) is 11.1 Å². The number of benzene rings is 1. The van der Waals surface area contributed by atoms with Crippen LogP contribution in [0.2, 0.25) is 0 Å². The maximum absolute atomic E-state index is 8.31. The topological polar surface area (TPSA) is 47.6 Å². The lowest BCUT2D eigenvalue weighted by atomic mass is 10.1. The average molecular weight is 180 g/mol. The highest BCUT2D eigenvalue weighted by Gasteiger charge is 1.87. The van der Waals surface area contributed by atoms with Crippen LogP contribution in [-0.2, 0) is 0 Å². The van der Waals surface area contributed by atoms with E-state index in [1.807, 2.05) is 36.4 Å². The first-order chi connectivity index (χ1) is 6.86. The summed E-state index contributed by atoms with van der Waals surface area (Å²) in [6, 6.07) is 11.4. The highest BCUT2D eigenvalue weighted by atomic mass is 14.2. The van der Waals surface area contributed by atoms with E-state index in [0.717, 1.165) is 11.1 Å². The fourth-order valence-electron chi connectivity index (χ4n) is 0.985. The third-order valence-corrected chi connectivity index (χ3v) is 1.64. The molecule has 1 aromatic carbocycles. The van der Waals surface area contributed by atoms with Crippen molar-refractivity contribution >= 4 is 12.2 Å². The summed E-state index contributed by atoms with van der Waals surface area (Å²) in [5.41, 5.74) is 1.95. The van der Waals surface area contributed by atoms with Crippen LogP contribution in [0.3, 0.4) is 0 Å². The summed E-state index contributed by atoms with van der Waals surface area (Å²) in [5.74, 6) is 0. The normalized spacial score (nSPS) is 10.1. The summed E-state index contributed by atoms with van der Waals surface area (Å²) in [6.07, 6.45) is 6.33. The Morgan fingerprint density at radius 2 is 1.14 bits per heavy atom. The van der Waals surface area contributed by atoms with E-state index in [9.17, 15) is 0 Å². The Hall–Kier alpha value is -2.32. The second-order valence-electron chi connectivity index (χ2n) is 2.59. The van der Waals surface area contributed by atoms with Crippen molar-refractivity contribution in [2.24, 2.45) is 0 Å². The summed E-state index contributed by atoms with van der Waals surface area (Å²) in [6.45, 7) is 0. The third kappa shape index (κ3) is 2.97. The van der Waals surface area contributed by atoms with Crippen LogP contribution in [-0.4, -0.2) is 0 Å². The molecule has 0 saturated carbocycles. The van der Waals surface area contributed by atoms with Crippen LogP contribution >= 0.6 is 0 Å². The Labute approximate surface area is 83.0 Å². The van der Waals surface area contributed by atoms with Crippen molar-refractivity contribution in [1.82, 2.24) is 0 Å². The molecular formula is C12H8N2. The van der Waals surface area contributed by atoms with E-state index in [1.165, 1.54) is 12.2 Å². The van der Waals surface area contributed by atoms with E-state index in [0.29, 0.717) is 0 Å². The van der Waals surface area contributed by atoms with Crippen LogP contribution < -0.4 is 0 Å². The second kappa shape index (κ2) is 5.35. The van der Waals surface area contributed by atoms with E-state index in [1.54, 1.807) is 12.2 Å². The van der Waals surface area contributed by atoms with E-state index in [4.69, 9.17) is 10.5 Å². The van der Waals surface area contributed by atoms with Gasteiger partial charge in [-0.3, -0.25) is 0 Å². The molecule has 2 heteroatoms. The minimum Gasteiger partial charge on any atom is -0.193 e. The largest absolute Gasteiger partial charge is 0.193 e. The van der Waals surface area contributed by atoms with Crippen molar-refractivity contribution in [1.29, 1.82) is 10.5 Å². The molecule has 1 aromatic rings. The fraction of sp³-hybridized carbons (Fsp3) is 0. The Balaban J connectivity index is 2.80. The van der Waals surface area contributed by atoms with Gasteiger partial charge in [0.25, 0.3) is 0 Å². The van der Waals surface area contributed by atoms with Crippen molar-refractivity contribution in [3.05, 3.63) is 47.5 Å². The molecule has 14 heavy (non-hydrogen) atoms. The molecule has 0 heterocycles. The van der Waals surface area contributed by atoms with Crippen LogP contribution in [0.25, 0.3) is 12.2 Å². The Morgan fingerprint density at radius 1 is 0.786 bits per heavy atom. The Morgan fingerprint density at radius 3 is 1.43 bits per heavy atom. The molecule has 1 rings (SSSR count). The molecule has 0 aliphatic heterocycles. The van der Waals surface area contributed by atoms with Gasteiger partial charge in [0.1, 0.15) is 0 Å². The number of hydrogen-bond donors (Lipinski definition) is 0. The molecule has 0 aromatic heterocycles. The molecule has 0 amide bonds. The lowest BCUT2D eigenvalue weighted by molar-refractivity contribution is 1.53. The van der Waals surface area contributed by atoms with Gasteiger partial charge in [-0.05, 0) is 23.3 Å². The molecule has 0 saturated heterocycles. The molecule has 0 unspecified atom stereocenters. The minimum atomic E-state index is 0.973.